The van der Waals surface area contributed by atoms with Crippen LogP contribution in [0.25, 0.3) is 0 Å². The van der Waals surface area contributed by atoms with Gasteiger partial charge in [-0.3, -0.25) is 0 Å². The van der Waals surface area contributed by atoms with Crippen LogP contribution in [0.4, 0.5) is 4.39 Å². The van der Waals surface area contributed by atoms with Crippen molar-refractivity contribution in [2.75, 3.05) is 0 Å². The molecule has 14 heavy (non-hydrogen) atoms. The lowest BCUT2D eigenvalue weighted by Gasteiger charge is -1.98. The van der Waals surface area contributed by atoms with Gasteiger partial charge >= 0.3 is 0 Å². The summed E-state index contributed by atoms with van der Waals surface area (Å²) in [7, 11) is 0. The summed E-state index contributed by atoms with van der Waals surface area (Å²) in [5, 5.41) is 0. The molecule has 0 radical (unpaired) electrons. The van der Waals surface area contributed by atoms with Gasteiger partial charge < -0.3 is 0 Å². The Bertz CT molecular complexity index is 329. The smallest absolute Gasteiger partial charge is 0.138 e. The van der Waals surface area contributed by atoms with E-state index in [1.807, 2.05) is 20.8 Å². The summed E-state index contributed by atoms with van der Waals surface area (Å²) in [6.45, 7) is 7.74. The zero-order chi connectivity index (χ0) is 11.0. The average Bonchev–Trinajstić information content (AvgIpc) is 2.24. The molecule has 0 N–H and O–H groups in total. The summed E-state index contributed by atoms with van der Waals surface area (Å²) in [6, 6.07) is 5.06. The number of halogens is 1. The first-order chi connectivity index (χ1) is 6.77. The van der Waals surface area contributed by atoms with E-state index >= 15 is 0 Å². The monoisotopic (exact) mass is 192 g/mol. The van der Waals surface area contributed by atoms with E-state index < -0.39 is 0 Å². The Morgan fingerprint density at radius 1 is 1.29 bits per heavy atom. The number of benzene rings is 1. The largest absolute Gasteiger partial charge is 0.206 e. The van der Waals surface area contributed by atoms with Crippen molar-refractivity contribution in [1.29, 1.82) is 0 Å². The predicted octanol–water partition coefficient (Wildman–Crippen LogP) is 3.79. The van der Waals surface area contributed by atoms with E-state index in [2.05, 4.69) is 11.8 Å². The van der Waals surface area contributed by atoms with Crippen molar-refractivity contribution in [2.24, 2.45) is 0 Å². The fraction of sp³-hybridized carbons (Fsp3) is 0.385. The molecule has 1 aromatic rings. The third kappa shape index (κ3) is 3.62. The third-order valence-corrected chi connectivity index (χ3v) is 1.70. The molecule has 0 saturated heterocycles. The standard InChI is InChI=1S/C11H11F.C2H6/c1-3-5-10-8-9(4-2)6-7-11(10)12;1-2/h6-8H,4H2,1-2H3;1-2H3. The van der Waals surface area contributed by atoms with Crippen molar-refractivity contribution in [2.45, 2.75) is 34.1 Å². The Balaban J connectivity index is 0.000000791. The quantitative estimate of drug-likeness (QED) is 0.594. The van der Waals surface area contributed by atoms with Gasteiger partial charge in [0.25, 0.3) is 0 Å². The second kappa shape index (κ2) is 7.15. The van der Waals surface area contributed by atoms with E-state index in [0.717, 1.165) is 12.0 Å². The number of rotatable bonds is 1. The van der Waals surface area contributed by atoms with Gasteiger partial charge in [0, 0.05) is 0 Å². The average molecular weight is 192 g/mol. The SMILES string of the molecule is CC.CC#Cc1cc(CC)ccc1F. The van der Waals surface area contributed by atoms with Crippen molar-refractivity contribution >= 4 is 0 Å². The van der Waals surface area contributed by atoms with Gasteiger partial charge in [-0.25, -0.2) is 4.39 Å². The van der Waals surface area contributed by atoms with E-state index in [1.54, 1.807) is 19.1 Å². The molecule has 0 aliphatic rings. The third-order valence-electron chi connectivity index (χ3n) is 1.70. The van der Waals surface area contributed by atoms with Crippen LogP contribution in [-0.4, -0.2) is 0 Å². The molecule has 0 atom stereocenters. The molecule has 0 aliphatic carbocycles. The first-order valence-electron chi connectivity index (χ1n) is 4.99. The molecule has 1 rings (SSSR count). The molecule has 0 fully saturated rings. The van der Waals surface area contributed by atoms with Crippen LogP contribution in [0.1, 0.15) is 38.8 Å². The van der Waals surface area contributed by atoms with Crippen molar-refractivity contribution < 1.29 is 4.39 Å². The fourth-order valence-corrected chi connectivity index (χ4v) is 1.02. The Kier molecular flexibility index (Phi) is 6.49. The van der Waals surface area contributed by atoms with Crippen LogP contribution >= 0.6 is 0 Å². The predicted molar refractivity (Wildman–Crippen MR) is 59.7 cm³/mol. The Hall–Kier alpha value is -1.29. The molecule has 1 aromatic carbocycles. The normalized spacial score (nSPS) is 8.07. The molecule has 0 spiro atoms. The molecule has 0 heterocycles. The van der Waals surface area contributed by atoms with Crippen molar-refractivity contribution in [1.82, 2.24) is 0 Å². The summed E-state index contributed by atoms with van der Waals surface area (Å²) >= 11 is 0. The van der Waals surface area contributed by atoms with E-state index in [9.17, 15) is 4.39 Å². The van der Waals surface area contributed by atoms with E-state index in [4.69, 9.17) is 0 Å². The second-order valence-corrected chi connectivity index (χ2v) is 2.54. The summed E-state index contributed by atoms with van der Waals surface area (Å²) < 4.78 is 13.0. The van der Waals surface area contributed by atoms with Crippen LogP contribution in [0, 0.1) is 17.7 Å². The Morgan fingerprint density at radius 3 is 2.43 bits per heavy atom. The lowest BCUT2D eigenvalue weighted by Crippen LogP contribution is -1.87. The Morgan fingerprint density at radius 2 is 1.93 bits per heavy atom. The fourth-order valence-electron chi connectivity index (χ4n) is 1.02. The van der Waals surface area contributed by atoms with Crippen LogP contribution in [-0.2, 0) is 6.42 Å². The maximum atomic E-state index is 13.0. The number of hydrogen-bond donors (Lipinski definition) is 0. The molecule has 0 unspecified atom stereocenters. The first kappa shape index (κ1) is 12.7. The molecule has 76 valence electrons. The van der Waals surface area contributed by atoms with Crippen LogP contribution in [0.3, 0.4) is 0 Å². The maximum Gasteiger partial charge on any atom is 0.138 e. The zero-order valence-corrected chi connectivity index (χ0v) is 9.32. The minimum atomic E-state index is -0.235. The van der Waals surface area contributed by atoms with Gasteiger partial charge in [0.05, 0.1) is 5.56 Å². The highest BCUT2D eigenvalue weighted by atomic mass is 19.1. The topological polar surface area (TPSA) is 0 Å². The van der Waals surface area contributed by atoms with Crippen molar-refractivity contribution in [3.05, 3.63) is 35.1 Å². The molecule has 0 aliphatic heterocycles. The summed E-state index contributed by atoms with van der Waals surface area (Å²) in [4.78, 5) is 0. The summed E-state index contributed by atoms with van der Waals surface area (Å²) in [5.74, 6) is 5.18. The highest BCUT2D eigenvalue weighted by Crippen LogP contribution is 2.09. The van der Waals surface area contributed by atoms with Crippen LogP contribution < -0.4 is 0 Å². The molecule has 0 amide bonds. The second-order valence-electron chi connectivity index (χ2n) is 2.54. The van der Waals surface area contributed by atoms with Crippen LogP contribution in [0.5, 0.6) is 0 Å². The van der Waals surface area contributed by atoms with E-state index in [0.29, 0.717) is 5.56 Å². The summed E-state index contributed by atoms with van der Waals surface area (Å²) in [6.07, 6.45) is 0.915. The highest BCUT2D eigenvalue weighted by Gasteiger charge is 1.98. The lowest BCUT2D eigenvalue weighted by atomic mass is 10.1. The molecule has 0 aromatic heterocycles. The van der Waals surface area contributed by atoms with Crippen molar-refractivity contribution in [3.63, 3.8) is 0 Å². The minimum absolute atomic E-state index is 0.235. The minimum Gasteiger partial charge on any atom is -0.206 e. The molecule has 0 bridgehead atoms. The van der Waals surface area contributed by atoms with Crippen LogP contribution in [0.2, 0.25) is 0 Å². The van der Waals surface area contributed by atoms with Crippen LogP contribution in [0.15, 0.2) is 18.2 Å². The molecular weight excluding hydrogens is 175 g/mol. The molecular formula is C13H17F. The molecule has 0 nitrogen and oxygen atoms in total. The van der Waals surface area contributed by atoms with Gasteiger partial charge in [0.15, 0.2) is 0 Å². The van der Waals surface area contributed by atoms with Gasteiger partial charge in [-0.1, -0.05) is 32.8 Å². The zero-order valence-electron chi connectivity index (χ0n) is 9.32. The first-order valence-corrected chi connectivity index (χ1v) is 4.99. The lowest BCUT2D eigenvalue weighted by molar-refractivity contribution is 0.623. The number of aryl methyl sites for hydroxylation is 1. The van der Waals surface area contributed by atoms with Crippen molar-refractivity contribution in [3.8, 4) is 11.8 Å². The molecule has 0 saturated carbocycles. The number of hydrogen-bond acceptors (Lipinski definition) is 0. The molecule has 1 heteroatoms. The van der Waals surface area contributed by atoms with Gasteiger partial charge in [-0.15, -0.1) is 5.92 Å². The Labute approximate surface area is 86.2 Å². The highest BCUT2D eigenvalue weighted by molar-refractivity contribution is 5.38. The van der Waals surface area contributed by atoms with Gasteiger partial charge in [-0.05, 0) is 31.0 Å². The summed E-state index contributed by atoms with van der Waals surface area (Å²) in [5.41, 5.74) is 1.62. The van der Waals surface area contributed by atoms with Gasteiger partial charge in [-0.2, -0.15) is 0 Å². The van der Waals surface area contributed by atoms with E-state index in [-0.39, 0.29) is 5.82 Å². The van der Waals surface area contributed by atoms with Gasteiger partial charge in [0.1, 0.15) is 5.82 Å². The van der Waals surface area contributed by atoms with E-state index in [1.165, 1.54) is 6.07 Å². The van der Waals surface area contributed by atoms with Gasteiger partial charge in [0.2, 0.25) is 0 Å². The maximum absolute atomic E-state index is 13.0.